The van der Waals surface area contributed by atoms with Crippen LogP contribution in [0.15, 0.2) is 12.1 Å². The van der Waals surface area contributed by atoms with Gasteiger partial charge in [-0.05, 0) is 36.1 Å². The van der Waals surface area contributed by atoms with Crippen LogP contribution in [0.5, 0.6) is 0 Å². The molecule has 0 unspecified atom stereocenters. The molecule has 0 amide bonds. The first-order chi connectivity index (χ1) is 8.65. The number of hydrogen-bond donors (Lipinski definition) is 1. The first-order valence-corrected chi connectivity index (χ1v) is 6.06. The first kappa shape index (κ1) is 14.2. The maximum Gasteiger partial charge on any atom is 0.310 e. The van der Waals surface area contributed by atoms with Crippen molar-refractivity contribution in [1.29, 1.82) is 5.26 Å². The Bertz CT molecular complexity index is 475. The number of nitrogens with zero attached hydrogens (tertiary/aromatic N) is 1. The number of nitrogens with two attached hydrogens (primary N) is 1. The molecule has 0 heterocycles. The molecule has 1 aromatic carbocycles. The molecule has 0 bridgehead atoms. The monoisotopic (exact) mass is 246 g/mol. The number of rotatable bonds is 5. The molecular formula is C14H18N2O2. The Kier molecular flexibility index (Phi) is 5.34. The molecule has 2 N–H and O–H groups in total. The summed E-state index contributed by atoms with van der Waals surface area (Å²) in [7, 11) is 0. The average molecular weight is 246 g/mol. The smallest absolute Gasteiger partial charge is 0.310 e. The molecule has 0 fully saturated rings. The van der Waals surface area contributed by atoms with E-state index in [2.05, 4.69) is 6.07 Å². The average Bonchev–Trinajstić information content (AvgIpc) is 2.38. The van der Waals surface area contributed by atoms with Crippen molar-refractivity contribution < 1.29 is 9.53 Å². The van der Waals surface area contributed by atoms with E-state index in [1.165, 1.54) is 0 Å². The molecule has 1 rings (SSSR count). The number of carbonyl (C=O) groups is 1. The summed E-state index contributed by atoms with van der Waals surface area (Å²) in [6, 6.07) is 5.81. The highest BCUT2D eigenvalue weighted by Gasteiger charge is 2.12. The van der Waals surface area contributed by atoms with Gasteiger partial charge in [0.2, 0.25) is 0 Å². The van der Waals surface area contributed by atoms with Gasteiger partial charge in [0.05, 0.1) is 24.7 Å². The van der Waals surface area contributed by atoms with E-state index in [0.717, 1.165) is 23.1 Å². The fourth-order valence-electron chi connectivity index (χ4n) is 1.86. The lowest BCUT2D eigenvalue weighted by atomic mass is 9.95. The fraction of sp³-hybridized carbons (Fsp3) is 0.429. The Hall–Kier alpha value is -1.86. The van der Waals surface area contributed by atoms with E-state index in [-0.39, 0.29) is 12.4 Å². The molecule has 4 heteroatoms. The number of aryl methyl sites for hydroxylation is 1. The van der Waals surface area contributed by atoms with Crippen molar-refractivity contribution >= 4 is 5.97 Å². The van der Waals surface area contributed by atoms with Gasteiger partial charge in [-0.2, -0.15) is 5.26 Å². The molecule has 0 aliphatic carbocycles. The summed E-state index contributed by atoms with van der Waals surface area (Å²) in [4.78, 5) is 11.5. The third-order valence-electron chi connectivity index (χ3n) is 2.79. The van der Waals surface area contributed by atoms with Crippen LogP contribution in [0.25, 0.3) is 0 Å². The Morgan fingerprint density at radius 2 is 2.06 bits per heavy atom. The zero-order chi connectivity index (χ0) is 13.5. The number of nitriles is 1. The van der Waals surface area contributed by atoms with Crippen molar-refractivity contribution in [3.8, 4) is 6.07 Å². The van der Waals surface area contributed by atoms with Gasteiger partial charge in [0.15, 0.2) is 0 Å². The minimum Gasteiger partial charge on any atom is -0.466 e. The number of esters is 1. The third kappa shape index (κ3) is 3.31. The number of ether oxygens (including phenoxy) is 1. The van der Waals surface area contributed by atoms with Crippen LogP contribution in [0.3, 0.4) is 0 Å². The molecule has 96 valence electrons. The lowest BCUT2D eigenvalue weighted by Gasteiger charge is -2.11. The molecular weight excluding hydrogens is 228 g/mol. The van der Waals surface area contributed by atoms with Crippen LogP contribution in [0.4, 0.5) is 0 Å². The standard InChI is InChI=1S/C14H18N2O2/c1-3-10-5-13(9-16)11(6-12(10)8-15)7-14(17)18-4-2/h5-6H,3-4,7,9,16H2,1-2H3. The maximum atomic E-state index is 11.5. The molecule has 0 aliphatic rings. The van der Waals surface area contributed by atoms with Crippen molar-refractivity contribution in [1.82, 2.24) is 0 Å². The number of hydrogen-bond acceptors (Lipinski definition) is 4. The number of benzene rings is 1. The molecule has 18 heavy (non-hydrogen) atoms. The summed E-state index contributed by atoms with van der Waals surface area (Å²) >= 11 is 0. The molecule has 0 spiro atoms. The maximum absolute atomic E-state index is 11.5. The van der Waals surface area contributed by atoms with Crippen LogP contribution in [0.1, 0.15) is 36.1 Å². The van der Waals surface area contributed by atoms with Crippen molar-refractivity contribution in [2.45, 2.75) is 33.2 Å². The molecule has 0 aliphatic heterocycles. The van der Waals surface area contributed by atoms with Gasteiger partial charge >= 0.3 is 5.97 Å². The van der Waals surface area contributed by atoms with E-state index in [0.29, 0.717) is 18.7 Å². The first-order valence-electron chi connectivity index (χ1n) is 6.06. The van der Waals surface area contributed by atoms with Crippen LogP contribution in [-0.4, -0.2) is 12.6 Å². The second kappa shape index (κ2) is 6.77. The lowest BCUT2D eigenvalue weighted by Crippen LogP contribution is -2.12. The van der Waals surface area contributed by atoms with Crippen molar-refractivity contribution in [3.05, 3.63) is 34.4 Å². The second-order valence-electron chi connectivity index (χ2n) is 3.93. The summed E-state index contributed by atoms with van der Waals surface area (Å²) in [5.41, 5.74) is 8.93. The fourth-order valence-corrected chi connectivity index (χ4v) is 1.86. The number of carbonyl (C=O) groups excluding carboxylic acids is 1. The van der Waals surface area contributed by atoms with Crippen molar-refractivity contribution in [2.75, 3.05) is 6.61 Å². The zero-order valence-electron chi connectivity index (χ0n) is 10.8. The Morgan fingerprint density at radius 1 is 1.33 bits per heavy atom. The molecule has 0 aromatic heterocycles. The van der Waals surface area contributed by atoms with Crippen molar-refractivity contribution in [2.24, 2.45) is 5.73 Å². The molecule has 0 radical (unpaired) electrons. The highest BCUT2D eigenvalue weighted by atomic mass is 16.5. The molecule has 0 saturated carbocycles. The van der Waals surface area contributed by atoms with Gasteiger partial charge in [-0.25, -0.2) is 0 Å². The topological polar surface area (TPSA) is 76.1 Å². The summed E-state index contributed by atoms with van der Waals surface area (Å²) in [6.07, 6.45) is 0.939. The molecule has 0 atom stereocenters. The quantitative estimate of drug-likeness (QED) is 0.802. The molecule has 4 nitrogen and oxygen atoms in total. The largest absolute Gasteiger partial charge is 0.466 e. The van der Waals surface area contributed by atoms with Gasteiger partial charge in [0.25, 0.3) is 0 Å². The Morgan fingerprint density at radius 3 is 2.56 bits per heavy atom. The van der Waals surface area contributed by atoms with Crippen molar-refractivity contribution in [3.63, 3.8) is 0 Å². The van der Waals surface area contributed by atoms with E-state index < -0.39 is 0 Å². The van der Waals surface area contributed by atoms with Gasteiger partial charge in [0.1, 0.15) is 0 Å². The van der Waals surface area contributed by atoms with Crippen LogP contribution < -0.4 is 5.73 Å². The van der Waals surface area contributed by atoms with Gasteiger partial charge in [-0.1, -0.05) is 13.0 Å². The SMILES string of the molecule is CCOC(=O)Cc1cc(C#N)c(CC)cc1CN. The summed E-state index contributed by atoms with van der Waals surface area (Å²) in [5, 5.41) is 9.08. The van der Waals surface area contributed by atoms with Gasteiger partial charge < -0.3 is 10.5 Å². The zero-order valence-corrected chi connectivity index (χ0v) is 10.8. The summed E-state index contributed by atoms with van der Waals surface area (Å²) < 4.78 is 4.91. The predicted molar refractivity (Wildman–Crippen MR) is 68.8 cm³/mol. The van der Waals surface area contributed by atoms with E-state index in [1.54, 1.807) is 13.0 Å². The van der Waals surface area contributed by atoms with Gasteiger partial charge in [-0.15, -0.1) is 0 Å². The third-order valence-corrected chi connectivity index (χ3v) is 2.79. The van der Waals surface area contributed by atoms with Crippen LogP contribution in [0.2, 0.25) is 0 Å². The highest BCUT2D eigenvalue weighted by Crippen LogP contribution is 2.18. The normalized spacial score (nSPS) is 9.89. The highest BCUT2D eigenvalue weighted by molar-refractivity contribution is 5.73. The Balaban J connectivity index is 3.10. The van der Waals surface area contributed by atoms with Gasteiger partial charge in [-0.3, -0.25) is 4.79 Å². The van der Waals surface area contributed by atoms with E-state index in [9.17, 15) is 4.79 Å². The van der Waals surface area contributed by atoms with Crippen LogP contribution in [0, 0.1) is 11.3 Å². The predicted octanol–water partition coefficient (Wildman–Crippen LogP) is 1.68. The minimum atomic E-state index is -0.291. The van der Waals surface area contributed by atoms with E-state index in [4.69, 9.17) is 15.7 Å². The van der Waals surface area contributed by atoms with Crippen LogP contribution >= 0.6 is 0 Å². The minimum absolute atomic E-state index is 0.166. The summed E-state index contributed by atoms with van der Waals surface area (Å²) in [6.45, 7) is 4.46. The molecule has 0 saturated heterocycles. The second-order valence-corrected chi connectivity index (χ2v) is 3.93. The van der Waals surface area contributed by atoms with Crippen LogP contribution in [-0.2, 0) is 28.9 Å². The van der Waals surface area contributed by atoms with E-state index in [1.807, 2.05) is 13.0 Å². The molecule has 1 aromatic rings. The Labute approximate surface area is 107 Å². The van der Waals surface area contributed by atoms with Gasteiger partial charge in [0, 0.05) is 6.54 Å². The lowest BCUT2D eigenvalue weighted by molar-refractivity contribution is -0.142. The summed E-state index contributed by atoms with van der Waals surface area (Å²) in [5.74, 6) is -0.291. The van der Waals surface area contributed by atoms with E-state index >= 15 is 0 Å².